The highest BCUT2D eigenvalue weighted by Gasteiger charge is 2.38. The number of hydrogen-bond donors (Lipinski definition) is 2. The summed E-state index contributed by atoms with van der Waals surface area (Å²) >= 11 is 0. The minimum atomic E-state index is -1.43. The van der Waals surface area contributed by atoms with E-state index in [-0.39, 0.29) is 6.42 Å². The third kappa shape index (κ3) is 2.09. The highest BCUT2D eigenvalue weighted by atomic mass is 16.3. The maximum Gasteiger partial charge on any atom is 0.181 e. The van der Waals surface area contributed by atoms with Gasteiger partial charge in [0.15, 0.2) is 11.4 Å². The topological polar surface area (TPSA) is 65.2 Å². The Hall–Kier alpha value is -2.30. The third-order valence-corrected chi connectivity index (χ3v) is 3.80. The Kier molecular flexibility index (Phi) is 2.43. The van der Waals surface area contributed by atoms with E-state index in [2.05, 4.69) is 9.98 Å². The average molecular weight is 278 g/mol. The first-order valence-electron chi connectivity index (χ1n) is 6.86. The van der Waals surface area contributed by atoms with Crippen molar-refractivity contribution in [1.82, 2.24) is 0 Å². The standard InChI is InChI=1S/C17H14N2O2/c20-16(9-12-5-1-3-7-14(12)18-16)11-17(21)10-13-6-2-4-8-15(13)19-17/h1-10,20-21H,11H2. The fourth-order valence-electron chi connectivity index (χ4n) is 2.97. The summed E-state index contributed by atoms with van der Waals surface area (Å²) in [7, 11) is 0. The second-order valence-corrected chi connectivity index (χ2v) is 5.56. The average Bonchev–Trinajstić information content (AvgIpc) is 2.92. The number of nitrogens with zero attached hydrogens (tertiary/aromatic N) is 2. The molecule has 4 rings (SSSR count). The smallest absolute Gasteiger partial charge is 0.181 e. The van der Waals surface area contributed by atoms with Crippen LogP contribution in [-0.2, 0) is 0 Å². The van der Waals surface area contributed by atoms with Crippen molar-refractivity contribution in [3.63, 3.8) is 0 Å². The maximum atomic E-state index is 10.7. The van der Waals surface area contributed by atoms with Crippen LogP contribution in [0, 0.1) is 0 Å². The van der Waals surface area contributed by atoms with Gasteiger partial charge in [0.1, 0.15) is 0 Å². The molecule has 2 heterocycles. The molecule has 0 spiro atoms. The van der Waals surface area contributed by atoms with E-state index in [1.165, 1.54) is 0 Å². The van der Waals surface area contributed by atoms with Crippen LogP contribution in [0.4, 0.5) is 0 Å². The largest absolute Gasteiger partial charge is 0.366 e. The van der Waals surface area contributed by atoms with Gasteiger partial charge in [0, 0.05) is 10.4 Å². The molecule has 2 aliphatic heterocycles. The highest BCUT2D eigenvalue weighted by molar-refractivity contribution is 5.44. The summed E-state index contributed by atoms with van der Waals surface area (Å²) < 4.78 is 0. The molecule has 2 N–H and O–H groups in total. The molecule has 2 atom stereocenters. The van der Waals surface area contributed by atoms with E-state index in [4.69, 9.17) is 0 Å². The lowest BCUT2D eigenvalue weighted by atomic mass is 10.0. The minimum Gasteiger partial charge on any atom is -0.366 e. The van der Waals surface area contributed by atoms with Gasteiger partial charge < -0.3 is 10.2 Å². The fourth-order valence-corrected chi connectivity index (χ4v) is 2.97. The first kappa shape index (κ1) is 12.4. The summed E-state index contributed by atoms with van der Waals surface area (Å²) in [5.41, 5.74) is -2.86. The zero-order valence-corrected chi connectivity index (χ0v) is 11.3. The zero-order valence-electron chi connectivity index (χ0n) is 11.3. The Balaban J connectivity index is 1.75. The lowest BCUT2D eigenvalue weighted by Gasteiger charge is -2.25. The zero-order chi connectivity index (χ0) is 14.5. The van der Waals surface area contributed by atoms with Crippen LogP contribution in [-0.4, -0.2) is 21.7 Å². The van der Waals surface area contributed by atoms with Crippen molar-refractivity contribution in [3.05, 3.63) is 69.7 Å². The predicted molar refractivity (Wildman–Crippen MR) is 77.9 cm³/mol. The van der Waals surface area contributed by atoms with Crippen LogP contribution in [0.15, 0.2) is 58.5 Å². The molecule has 2 aliphatic rings. The molecule has 2 aromatic rings. The Bertz CT molecular complexity index is 813. The molecule has 104 valence electrons. The van der Waals surface area contributed by atoms with Crippen molar-refractivity contribution in [2.24, 2.45) is 9.98 Å². The van der Waals surface area contributed by atoms with Crippen molar-refractivity contribution in [1.29, 1.82) is 0 Å². The van der Waals surface area contributed by atoms with Crippen LogP contribution in [0.3, 0.4) is 0 Å². The second-order valence-electron chi connectivity index (χ2n) is 5.56. The molecule has 2 aromatic carbocycles. The summed E-state index contributed by atoms with van der Waals surface area (Å²) in [6, 6.07) is 15.0. The van der Waals surface area contributed by atoms with Crippen LogP contribution in [0.25, 0.3) is 12.2 Å². The Morgan fingerprint density at radius 1 is 0.714 bits per heavy atom. The minimum absolute atomic E-state index is 0.00333. The summed E-state index contributed by atoms with van der Waals surface area (Å²) in [5.74, 6) is 0. The van der Waals surface area contributed by atoms with Crippen molar-refractivity contribution in [2.45, 2.75) is 17.9 Å². The molecule has 0 radical (unpaired) electrons. The Morgan fingerprint density at radius 2 is 1.14 bits per heavy atom. The molecular weight excluding hydrogens is 264 g/mol. The molecule has 4 nitrogen and oxygen atoms in total. The Labute approximate surface area is 120 Å². The Morgan fingerprint density at radius 3 is 1.57 bits per heavy atom. The van der Waals surface area contributed by atoms with E-state index < -0.39 is 11.4 Å². The quantitative estimate of drug-likeness (QED) is 0.738. The summed E-state index contributed by atoms with van der Waals surface area (Å²) in [5, 5.41) is 24.5. The van der Waals surface area contributed by atoms with Crippen molar-refractivity contribution in [2.75, 3.05) is 0 Å². The van der Waals surface area contributed by atoms with Gasteiger partial charge in [-0.15, -0.1) is 0 Å². The van der Waals surface area contributed by atoms with E-state index >= 15 is 0 Å². The molecule has 0 amide bonds. The van der Waals surface area contributed by atoms with Gasteiger partial charge in [-0.05, 0) is 24.3 Å². The first-order chi connectivity index (χ1) is 10.1. The molecule has 0 aliphatic carbocycles. The van der Waals surface area contributed by atoms with E-state index in [1.54, 1.807) is 12.2 Å². The van der Waals surface area contributed by atoms with Gasteiger partial charge in [-0.3, -0.25) is 0 Å². The number of rotatable bonds is 2. The lowest BCUT2D eigenvalue weighted by molar-refractivity contribution is 0.0148. The molecule has 0 fully saturated rings. The molecule has 0 bridgehead atoms. The molecule has 2 unspecified atom stereocenters. The van der Waals surface area contributed by atoms with Gasteiger partial charge in [-0.2, -0.15) is 0 Å². The van der Waals surface area contributed by atoms with Gasteiger partial charge in [-0.25, -0.2) is 9.98 Å². The number of fused-ring (bicyclic) bond motifs is 2. The number of benzene rings is 2. The van der Waals surface area contributed by atoms with Crippen molar-refractivity contribution < 1.29 is 10.2 Å². The van der Waals surface area contributed by atoms with E-state index in [1.807, 2.05) is 48.5 Å². The fraction of sp³-hybridized carbons (Fsp3) is 0.176. The van der Waals surface area contributed by atoms with Crippen LogP contribution >= 0.6 is 0 Å². The summed E-state index contributed by atoms with van der Waals surface area (Å²) in [6.45, 7) is 0. The lowest BCUT2D eigenvalue weighted by Crippen LogP contribution is -2.35. The van der Waals surface area contributed by atoms with Gasteiger partial charge in [0.25, 0.3) is 0 Å². The van der Waals surface area contributed by atoms with Crippen LogP contribution in [0.2, 0.25) is 0 Å². The SMILES string of the molecule is OC1(CC2(O)C=c3ccccc3=N2)C=c2ccccc2=N1. The summed E-state index contributed by atoms with van der Waals surface area (Å²) in [4.78, 5) is 8.63. The molecule has 0 saturated carbocycles. The maximum absolute atomic E-state index is 10.7. The van der Waals surface area contributed by atoms with Crippen LogP contribution < -0.4 is 21.2 Å². The van der Waals surface area contributed by atoms with E-state index in [0.717, 1.165) is 21.2 Å². The highest BCUT2D eigenvalue weighted by Crippen LogP contribution is 2.27. The molecule has 21 heavy (non-hydrogen) atoms. The first-order valence-corrected chi connectivity index (χ1v) is 6.86. The van der Waals surface area contributed by atoms with Crippen LogP contribution in [0.5, 0.6) is 0 Å². The van der Waals surface area contributed by atoms with Crippen molar-refractivity contribution in [3.8, 4) is 0 Å². The normalized spacial score (nSPS) is 28.7. The van der Waals surface area contributed by atoms with Gasteiger partial charge in [0.05, 0.1) is 17.1 Å². The monoisotopic (exact) mass is 278 g/mol. The van der Waals surface area contributed by atoms with Crippen LogP contribution in [0.1, 0.15) is 6.42 Å². The predicted octanol–water partition coefficient (Wildman–Crippen LogP) is -1.02. The molecule has 4 heteroatoms. The van der Waals surface area contributed by atoms with Gasteiger partial charge >= 0.3 is 0 Å². The van der Waals surface area contributed by atoms with Crippen molar-refractivity contribution >= 4 is 12.2 Å². The van der Waals surface area contributed by atoms with E-state index in [9.17, 15) is 10.2 Å². The summed E-state index contributed by atoms with van der Waals surface area (Å²) in [6.07, 6.45) is 3.35. The number of hydrogen-bond acceptors (Lipinski definition) is 4. The molecular formula is C17H14N2O2. The van der Waals surface area contributed by atoms with Gasteiger partial charge in [0.2, 0.25) is 0 Å². The second kappa shape index (κ2) is 4.10. The third-order valence-electron chi connectivity index (χ3n) is 3.80. The van der Waals surface area contributed by atoms with E-state index in [0.29, 0.717) is 0 Å². The van der Waals surface area contributed by atoms with Gasteiger partial charge in [-0.1, -0.05) is 36.4 Å². The number of para-hydroxylation sites is 2. The number of aliphatic hydroxyl groups is 2. The molecule has 0 aromatic heterocycles. The molecule has 0 saturated heterocycles.